The lowest BCUT2D eigenvalue weighted by molar-refractivity contribution is -0.127. The molecule has 0 radical (unpaired) electrons. The van der Waals surface area contributed by atoms with Gasteiger partial charge in [-0.25, -0.2) is 4.79 Å². The van der Waals surface area contributed by atoms with Crippen LogP contribution in [-0.2, 0) is 4.79 Å². The zero-order chi connectivity index (χ0) is 14.4. The van der Waals surface area contributed by atoms with E-state index in [1.54, 1.807) is 0 Å². The van der Waals surface area contributed by atoms with Crippen LogP contribution in [0.25, 0.3) is 0 Å². The Morgan fingerprint density at radius 1 is 1.58 bits per heavy atom. The first-order chi connectivity index (χ1) is 8.95. The van der Waals surface area contributed by atoms with Crippen molar-refractivity contribution in [3.63, 3.8) is 0 Å². The van der Waals surface area contributed by atoms with Crippen LogP contribution >= 0.6 is 11.6 Å². The summed E-state index contributed by atoms with van der Waals surface area (Å²) in [6.45, 7) is 5.31. The molecule has 1 atom stereocenters. The van der Waals surface area contributed by atoms with Gasteiger partial charge in [-0.3, -0.25) is 4.79 Å². The number of carbonyl (C=O) groups excluding carboxylic acids is 1. The van der Waals surface area contributed by atoms with E-state index in [9.17, 15) is 9.59 Å². The summed E-state index contributed by atoms with van der Waals surface area (Å²) in [5.74, 6) is -1.46. The van der Waals surface area contributed by atoms with E-state index < -0.39 is 12.1 Å². The summed E-state index contributed by atoms with van der Waals surface area (Å²) in [5, 5.41) is 11.9. The van der Waals surface area contributed by atoms with Gasteiger partial charge < -0.3 is 15.2 Å². The molecule has 0 saturated carbocycles. The van der Waals surface area contributed by atoms with Crippen molar-refractivity contribution in [2.45, 2.75) is 13.0 Å². The van der Waals surface area contributed by atoms with Crippen molar-refractivity contribution in [3.8, 4) is 5.75 Å². The summed E-state index contributed by atoms with van der Waals surface area (Å²) < 4.78 is 5.33. The maximum Gasteiger partial charge on any atom is 0.339 e. The molecule has 0 spiro atoms. The second-order valence-electron chi connectivity index (χ2n) is 3.74. The number of amides is 1. The number of ether oxygens (including phenoxy) is 1. The maximum atomic E-state index is 11.6. The van der Waals surface area contributed by atoms with Crippen molar-refractivity contribution in [2.75, 3.05) is 6.54 Å². The van der Waals surface area contributed by atoms with E-state index in [0.29, 0.717) is 11.6 Å². The van der Waals surface area contributed by atoms with Gasteiger partial charge in [0.2, 0.25) is 0 Å². The topological polar surface area (TPSA) is 75.6 Å². The molecule has 0 aliphatic carbocycles. The number of carboxylic acids is 1. The molecule has 1 rings (SSSR count). The molecule has 0 aliphatic heterocycles. The number of aromatic carboxylic acids is 1. The highest BCUT2D eigenvalue weighted by molar-refractivity contribution is 6.30. The Morgan fingerprint density at radius 3 is 2.84 bits per heavy atom. The lowest BCUT2D eigenvalue weighted by Crippen LogP contribution is -2.36. The Morgan fingerprint density at radius 2 is 2.26 bits per heavy atom. The van der Waals surface area contributed by atoms with Crippen LogP contribution < -0.4 is 10.1 Å². The Bertz CT molecular complexity index is 501. The van der Waals surface area contributed by atoms with E-state index in [1.807, 2.05) is 0 Å². The Labute approximate surface area is 115 Å². The first-order valence-corrected chi connectivity index (χ1v) is 5.91. The van der Waals surface area contributed by atoms with Crippen molar-refractivity contribution < 1.29 is 19.4 Å². The second kappa shape index (κ2) is 6.80. The fourth-order valence-corrected chi connectivity index (χ4v) is 1.49. The quantitative estimate of drug-likeness (QED) is 0.784. The van der Waals surface area contributed by atoms with E-state index >= 15 is 0 Å². The van der Waals surface area contributed by atoms with Crippen molar-refractivity contribution >= 4 is 23.5 Å². The third-order valence-corrected chi connectivity index (χ3v) is 2.50. The second-order valence-corrected chi connectivity index (χ2v) is 4.18. The molecular formula is C13H14ClNO4. The number of carbonyl (C=O) groups is 2. The predicted molar refractivity (Wildman–Crippen MR) is 71.7 cm³/mol. The third kappa shape index (κ3) is 4.30. The molecule has 0 aromatic heterocycles. The minimum absolute atomic E-state index is 0.0484. The first kappa shape index (κ1) is 15.0. The number of hydrogen-bond donors (Lipinski definition) is 2. The van der Waals surface area contributed by atoms with Gasteiger partial charge in [-0.2, -0.15) is 0 Å². The van der Waals surface area contributed by atoms with Crippen molar-refractivity contribution in [1.82, 2.24) is 5.32 Å². The van der Waals surface area contributed by atoms with Gasteiger partial charge in [0.25, 0.3) is 5.91 Å². The zero-order valence-electron chi connectivity index (χ0n) is 10.4. The monoisotopic (exact) mass is 283 g/mol. The van der Waals surface area contributed by atoms with Gasteiger partial charge in [-0.05, 0) is 25.1 Å². The van der Waals surface area contributed by atoms with Crippen LogP contribution in [-0.4, -0.2) is 29.6 Å². The fourth-order valence-electron chi connectivity index (χ4n) is 1.33. The average molecular weight is 284 g/mol. The van der Waals surface area contributed by atoms with Gasteiger partial charge in [0, 0.05) is 11.6 Å². The van der Waals surface area contributed by atoms with Crippen LogP contribution in [0.5, 0.6) is 5.75 Å². The molecule has 5 nitrogen and oxygen atoms in total. The summed E-state index contributed by atoms with van der Waals surface area (Å²) >= 11 is 5.78. The lowest BCUT2D eigenvalue weighted by Gasteiger charge is -2.15. The van der Waals surface area contributed by atoms with Gasteiger partial charge in [0.1, 0.15) is 11.3 Å². The van der Waals surface area contributed by atoms with Gasteiger partial charge in [0.15, 0.2) is 6.10 Å². The fraction of sp³-hybridized carbons (Fsp3) is 0.231. The van der Waals surface area contributed by atoms with Gasteiger partial charge in [-0.15, -0.1) is 6.58 Å². The molecule has 0 heterocycles. The largest absolute Gasteiger partial charge is 0.480 e. The first-order valence-electron chi connectivity index (χ1n) is 5.53. The number of rotatable bonds is 6. The smallest absolute Gasteiger partial charge is 0.339 e. The molecule has 0 saturated heterocycles. The molecular weight excluding hydrogens is 270 g/mol. The van der Waals surface area contributed by atoms with Crippen LogP contribution in [0.2, 0.25) is 5.02 Å². The zero-order valence-corrected chi connectivity index (χ0v) is 11.1. The summed E-state index contributed by atoms with van der Waals surface area (Å²) in [7, 11) is 0. The van der Waals surface area contributed by atoms with E-state index in [0.717, 1.165) is 0 Å². The summed E-state index contributed by atoms with van der Waals surface area (Å²) in [5.41, 5.74) is -0.0484. The summed E-state index contributed by atoms with van der Waals surface area (Å²) in [6, 6.07) is 4.14. The van der Waals surface area contributed by atoms with Crippen LogP contribution in [0, 0.1) is 0 Å². The van der Waals surface area contributed by atoms with E-state index in [2.05, 4.69) is 11.9 Å². The van der Waals surface area contributed by atoms with E-state index in [1.165, 1.54) is 31.2 Å². The molecule has 2 N–H and O–H groups in total. The van der Waals surface area contributed by atoms with E-state index in [-0.39, 0.29) is 17.2 Å². The van der Waals surface area contributed by atoms with Crippen molar-refractivity contribution in [2.24, 2.45) is 0 Å². The average Bonchev–Trinajstić information content (AvgIpc) is 2.35. The third-order valence-electron chi connectivity index (χ3n) is 2.27. The minimum atomic E-state index is -1.15. The number of benzene rings is 1. The predicted octanol–water partition coefficient (Wildman–Crippen LogP) is 2.11. The Balaban J connectivity index is 2.86. The van der Waals surface area contributed by atoms with Gasteiger partial charge in [0.05, 0.1) is 0 Å². The van der Waals surface area contributed by atoms with Gasteiger partial charge in [-0.1, -0.05) is 17.7 Å². The van der Waals surface area contributed by atoms with Crippen molar-refractivity contribution in [1.29, 1.82) is 0 Å². The highest BCUT2D eigenvalue weighted by Crippen LogP contribution is 2.24. The molecule has 1 amide bonds. The number of carboxylic acid groups (broad SMARTS) is 1. The molecule has 0 bridgehead atoms. The standard InChI is InChI=1S/C13H14ClNO4/c1-3-6-15-12(16)8(2)19-11-7-9(14)4-5-10(11)13(17)18/h3-5,7-8H,1,6H2,2H3,(H,15,16)(H,17,18). The van der Waals surface area contributed by atoms with Gasteiger partial charge >= 0.3 is 5.97 Å². The molecule has 102 valence electrons. The summed E-state index contributed by atoms with van der Waals surface area (Å²) in [6.07, 6.45) is 0.698. The molecule has 1 unspecified atom stereocenters. The van der Waals surface area contributed by atoms with Crippen LogP contribution in [0.15, 0.2) is 30.9 Å². The molecule has 1 aromatic rings. The highest BCUT2D eigenvalue weighted by Gasteiger charge is 2.18. The van der Waals surface area contributed by atoms with Crippen LogP contribution in [0.4, 0.5) is 0 Å². The Hall–Kier alpha value is -2.01. The SMILES string of the molecule is C=CCNC(=O)C(C)Oc1cc(Cl)ccc1C(=O)O. The number of hydrogen-bond acceptors (Lipinski definition) is 3. The normalized spacial score (nSPS) is 11.5. The number of nitrogens with one attached hydrogen (secondary N) is 1. The minimum Gasteiger partial charge on any atom is -0.480 e. The van der Waals surface area contributed by atoms with Crippen LogP contribution in [0.1, 0.15) is 17.3 Å². The highest BCUT2D eigenvalue weighted by atomic mass is 35.5. The van der Waals surface area contributed by atoms with Crippen molar-refractivity contribution in [3.05, 3.63) is 41.4 Å². The molecule has 0 fully saturated rings. The van der Waals surface area contributed by atoms with E-state index in [4.69, 9.17) is 21.4 Å². The lowest BCUT2D eigenvalue weighted by atomic mass is 10.2. The van der Waals surface area contributed by atoms with Crippen LogP contribution in [0.3, 0.4) is 0 Å². The molecule has 1 aromatic carbocycles. The Kier molecular flexibility index (Phi) is 5.38. The molecule has 19 heavy (non-hydrogen) atoms. The summed E-state index contributed by atoms with van der Waals surface area (Å²) in [4.78, 5) is 22.6. The molecule has 6 heteroatoms. The number of halogens is 1. The molecule has 0 aliphatic rings. The maximum absolute atomic E-state index is 11.6.